The van der Waals surface area contributed by atoms with Gasteiger partial charge in [0.15, 0.2) is 0 Å². The molecular weight excluding hydrogens is 464 g/mol. The van der Waals surface area contributed by atoms with Crippen molar-refractivity contribution < 1.29 is 22.7 Å². The Labute approximate surface area is 198 Å². The van der Waals surface area contributed by atoms with Gasteiger partial charge in [0.1, 0.15) is 17.5 Å². The van der Waals surface area contributed by atoms with Crippen LogP contribution in [0.2, 0.25) is 5.02 Å². The highest BCUT2D eigenvalue weighted by atomic mass is 35.5. The number of hydrogen-bond acceptors (Lipinski definition) is 5. The van der Waals surface area contributed by atoms with E-state index in [1.807, 2.05) is 30.3 Å². The Bertz CT molecular complexity index is 1230. The molecule has 174 valence electrons. The van der Waals surface area contributed by atoms with E-state index in [0.717, 1.165) is 5.56 Å². The first-order valence-electron chi connectivity index (χ1n) is 10.1. The van der Waals surface area contributed by atoms with Crippen molar-refractivity contribution in [1.29, 1.82) is 0 Å². The standard InChI is InChI=1S/C24H25ClN2O5S/c1-16-13-19(10-12-22(16)31-2)33(29,30)27-21(14-17-7-5-4-6-8-17)24(28)26-20-15-18(25)9-11-23(20)32-3/h4-13,15,21,27H,14H2,1-3H3,(H,26,28)/t21-/m1/s1. The minimum Gasteiger partial charge on any atom is -0.496 e. The van der Waals surface area contributed by atoms with Crippen LogP contribution in [0.4, 0.5) is 5.69 Å². The number of anilines is 1. The van der Waals surface area contributed by atoms with Crippen LogP contribution in [0.25, 0.3) is 0 Å². The summed E-state index contributed by atoms with van der Waals surface area (Å²) in [4.78, 5) is 13.3. The number of benzene rings is 3. The third kappa shape index (κ3) is 6.25. The summed E-state index contributed by atoms with van der Waals surface area (Å²) in [6, 6.07) is 17.4. The molecule has 0 aliphatic carbocycles. The molecule has 1 amide bonds. The monoisotopic (exact) mass is 488 g/mol. The van der Waals surface area contributed by atoms with E-state index in [1.54, 1.807) is 31.2 Å². The van der Waals surface area contributed by atoms with E-state index < -0.39 is 22.0 Å². The van der Waals surface area contributed by atoms with Gasteiger partial charge in [-0.25, -0.2) is 8.42 Å². The molecule has 0 aliphatic rings. The maximum absolute atomic E-state index is 13.2. The lowest BCUT2D eigenvalue weighted by Crippen LogP contribution is -2.45. The molecule has 0 heterocycles. The fourth-order valence-electron chi connectivity index (χ4n) is 3.31. The van der Waals surface area contributed by atoms with Crippen LogP contribution >= 0.6 is 11.6 Å². The molecule has 0 aliphatic heterocycles. The number of hydrogen-bond donors (Lipinski definition) is 2. The van der Waals surface area contributed by atoms with Crippen LogP contribution in [0.1, 0.15) is 11.1 Å². The van der Waals surface area contributed by atoms with Crippen molar-refractivity contribution in [3.8, 4) is 11.5 Å². The van der Waals surface area contributed by atoms with E-state index in [1.165, 1.54) is 26.4 Å². The van der Waals surface area contributed by atoms with Gasteiger partial charge in [0.2, 0.25) is 15.9 Å². The first-order valence-corrected chi connectivity index (χ1v) is 11.9. The lowest BCUT2D eigenvalue weighted by atomic mass is 10.1. The lowest BCUT2D eigenvalue weighted by Gasteiger charge is -2.20. The first-order chi connectivity index (χ1) is 15.7. The van der Waals surface area contributed by atoms with Crippen LogP contribution in [0.3, 0.4) is 0 Å². The SMILES string of the molecule is COc1ccc(S(=O)(=O)N[C@H](Cc2ccccc2)C(=O)Nc2cc(Cl)ccc2OC)cc1C. The largest absolute Gasteiger partial charge is 0.496 e. The molecule has 0 saturated heterocycles. The molecule has 3 aromatic carbocycles. The molecule has 0 unspecified atom stereocenters. The van der Waals surface area contributed by atoms with E-state index in [-0.39, 0.29) is 11.3 Å². The maximum atomic E-state index is 13.2. The summed E-state index contributed by atoms with van der Waals surface area (Å²) in [7, 11) is -1.03. The highest BCUT2D eigenvalue weighted by Gasteiger charge is 2.27. The predicted molar refractivity (Wildman–Crippen MR) is 129 cm³/mol. The van der Waals surface area contributed by atoms with Crippen molar-refractivity contribution in [2.45, 2.75) is 24.3 Å². The van der Waals surface area contributed by atoms with Crippen molar-refractivity contribution in [1.82, 2.24) is 4.72 Å². The quantitative estimate of drug-likeness (QED) is 0.471. The number of methoxy groups -OCH3 is 2. The Hall–Kier alpha value is -3.07. The molecule has 0 spiro atoms. The number of carbonyl (C=O) groups is 1. The Kier molecular flexibility index (Phi) is 7.97. The van der Waals surface area contributed by atoms with E-state index >= 15 is 0 Å². The molecule has 0 bridgehead atoms. The molecular formula is C24H25ClN2O5S. The predicted octanol–water partition coefficient (Wildman–Crippen LogP) is 4.19. The van der Waals surface area contributed by atoms with Gasteiger partial charge in [0.05, 0.1) is 24.8 Å². The van der Waals surface area contributed by atoms with Gasteiger partial charge < -0.3 is 14.8 Å². The van der Waals surface area contributed by atoms with Gasteiger partial charge in [-0.1, -0.05) is 41.9 Å². The van der Waals surface area contributed by atoms with Gasteiger partial charge in [-0.15, -0.1) is 0 Å². The zero-order valence-electron chi connectivity index (χ0n) is 18.5. The van der Waals surface area contributed by atoms with Crippen molar-refractivity contribution in [2.75, 3.05) is 19.5 Å². The van der Waals surface area contributed by atoms with Crippen LogP contribution in [0.5, 0.6) is 11.5 Å². The summed E-state index contributed by atoms with van der Waals surface area (Å²) >= 11 is 6.06. The molecule has 0 saturated carbocycles. The van der Waals surface area contributed by atoms with Crippen LogP contribution in [-0.4, -0.2) is 34.6 Å². The summed E-state index contributed by atoms with van der Waals surface area (Å²) in [6.07, 6.45) is 0.143. The van der Waals surface area contributed by atoms with Gasteiger partial charge in [0, 0.05) is 5.02 Å². The Morgan fingerprint density at radius 3 is 2.27 bits per heavy atom. The normalized spacial score (nSPS) is 12.1. The molecule has 9 heteroatoms. The average Bonchev–Trinajstić information content (AvgIpc) is 2.79. The lowest BCUT2D eigenvalue weighted by molar-refractivity contribution is -0.117. The van der Waals surface area contributed by atoms with Gasteiger partial charge >= 0.3 is 0 Å². The van der Waals surface area contributed by atoms with Crippen LogP contribution in [0.15, 0.2) is 71.6 Å². The molecule has 3 aromatic rings. The Morgan fingerprint density at radius 2 is 1.64 bits per heavy atom. The van der Waals surface area contributed by atoms with Gasteiger partial charge in [-0.3, -0.25) is 4.79 Å². The molecule has 2 N–H and O–H groups in total. The Morgan fingerprint density at radius 1 is 0.970 bits per heavy atom. The van der Waals surface area contributed by atoms with E-state index in [0.29, 0.717) is 27.8 Å². The second kappa shape index (κ2) is 10.7. The molecule has 0 radical (unpaired) electrons. The van der Waals surface area contributed by atoms with E-state index in [9.17, 15) is 13.2 Å². The fourth-order valence-corrected chi connectivity index (χ4v) is 4.76. The number of nitrogens with one attached hydrogen (secondary N) is 2. The van der Waals surface area contributed by atoms with Crippen LogP contribution < -0.4 is 19.5 Å². The number of halogens is 1. The number of amides is 1. The summed E-state index contributed by atoms with van der Waals surface area (Å²) in [5, 5.41) is 3.13. The van der Waals surface area contributed by atoms with Gasteiger partial charge in [-0.2, -0.15) is 4.72 Å². The number of ether oxygens (including phenoxy) is 2. The first kappa shape index (κ1) is 24.6. The summed E-state index contributed by atoms with van der Waals surface area (Å²) < 4.78 is 39.3. The van der Waals surface area contributed by atoms with Crippen LogP contribution in [-0.2, 0) is 21.2 Å². The molecule has 3 rings (SSSR count). The van der Waals surface area contributed by atoms with E-state index in [2.05, 4.69) is 10.0 Å². The third-order valence-electron chi connectivity index (χ3n) is 4.99. The molecule has 7 nitrogen and oxygen atoms in total. The molecule has 0 aromatic heterocycles. The fraction of sp³-hybridized carbons (Fsp3) is 0.208. The maximum Gasteiger partial charge on any atom is 0.243 e. The van der Waals surface area contributed by atoms with Crippen LogP contribution in [0, 0.1) is 6.92 Å². The van der Waals surface area contributed by atoms with E-state index in [4.69, 9.17) is 21.1 Å². The summed E-state index contributed by atoms with van der Waals surface area (Å²) in [6.45, 7) is 1.75. The molecule has 33 heavy (non-hydrogen) atoms. The smallest absolute Gasteiger partial charge is 0.243 e. The third-order valence-corrected chi connectivity index (χ3v) is 6.70. The highest BCUT2D eigenvalue weighted by Crippen LogP contribution is 2.28. The number of sulfonamides is 1. The minimum absolute atomic E-state index is 0.0343. The van der Waals surface area contributed by atoms with Crippen molar-refractivity contribution in [3.05, 3.63) is 82.9 Å². The van der Waals surface area contributed by atoms with Crippen molar-refractivity contribution in [3.63, 3.8) is 0 Å². The highest BCUT2D eigenvalue weighted by molar-refractivity contribution is 7.89. The van der Waals surface area contributed by atoms with Gasteiger partial charge in [-0.05, 0) is 60.9 Å². The number of carbonyl (C=O) groups excluding carboxylic acids is 1. The zero-order chi connectivity index (χ0) is 24.0. The Balaban J connectivity index is 1.92. The molecule has 0 fully saturated rings. The van der Waals surface area contributed by atoms with Gasteiger partial charge in [0.25, 0.3) is 0 Å². The average molecular weight is 489 g/mol. The minimum atomic E-state index is -4.01. The van der Waals surface area contributed by atoms with Crippen molar-refractivity contribution >= 4 is 33.2 Å². The topological polar surface area (TPSA) is 93.7 Å². The second-order valence-corrected chi connectivity index (χ2v) is 9.48. The zero-order valence-corrected chi connectivity index (χ0v) is 20.0. The van der Waals surface area contributed by atoms with Crippen molar-refractivity contribution in [2.24, 2.45) is 0 Å². The summed E-state index contributed by atoms with van der Waals surface area (Å²) in [5.41, 5.74) is 1.80. The number of rotatable bonds is 9. The second-order valence-electron chi connectivity index (χ2n) is 7.33. The number of aryl methyl sites for hydroxylation is 1. The molecule has 1 atom stereocenters. The summed E-state index contributed by atoms with van der Waals surface area (Å²) in [5.74, 6) is 0.425.